The fraction of sp³-hybridized carbons (Fsp3) is 0.0952. The minimum Gasteiger partial charge on any atom is -0.495 e. The van der Waals surface area contributed by atoms with Crippen LogP contribution in [0.2, 0.25) is 0 Å². The van der Waals surface area contributed by atoms with Gasteiger partial charge in [-0.3, -0.25) is 4.79 Å². The number of sulfonamides is 1. The summed E-state index contributed by atoms with van der Waals surface area (Å²) >= 11 is 2.17. The Morgan fingerprint density at radius 1 is 1.00 bits per heavy atom. The number of halogens is 1. The first-order chi connectivity index (χ1) is 13.9. The summed E-state index contributed by atoms with van der Waals surface area (Å²) in [6, 6.07) is 20.8. The zero-order valence-electron chi connectivity index (χ0n) is 15.6. The molecular formula is C21H19IN2O4S. The van der Waals surface area contributed by atoms with Gasteiger partial charge in [0.25, 0.3) is 5.91 Å². The summed E-state index contributed by atoms with van der Waals surface area (Å²) < 4.78 is 34.5. The van der Waals surface area contributed by atoms with Crippen molar-refractivity contribution < 1.29 is 17.9 Å². The van der Waals surface area contributed by atoms with Gasteiger partial charge in [-0.05, 0) is 70.6 Å². The van der Waals surface area contributed by atoms with Crippen LogP contribution in [0.4, 0.5) is 5.69 Å². The van der Waals surface area contributed by atoms with Crippen molar-refractivity contribution in [3.05, 3.63) is 87.5 Å². The third kappa shape index (κ3) is 5.55. The van der Waals surface area contributed by atoms with Crippen LogP contribution in [0.15, 0.2) is 77.7 Å². The van der Waals surface area contributed by atoms with Gasteiger partial charge in [0.2, 0.25) is 10.0 Å². The van der Waals surface area contributed by atoms with Gasteiger partial charge in [-0.15, -0.1) is 0 Å². The molecule has 0 aliphatic rings. The van der Waals surface area contributed by atoms with Crippen molar-refractivity contribution in [2.45, 2.75) is 11.4 Å². The van der Waals surface area contributed by atoms with Gasteiger partial charge in [0.1, 0.15) is 10.6 Å². The van der Waals surface area contributed by atoms with Crippen LogP contribution in [0.25, 0.3) is 0 Å². The van der Waals surface area contributed by atoms with Gasteiger partial charge in [0.05, 0.1) is 7.11 Å². The second-order valence-corrected chi connectivity index (χ2v) is 9.12. The largest absolute Gasteiger partial charge is 0.495 e. The summed E-state index contributed by atoms with van der Waals surface area (Å²) in [5.41, 5.74) is 1.66. The van der Waals surface area contributed by atoms with E-state index in [0.29, 0.717) is 5.69 Å². The van der Waals surface area contributed by atoms with Gasteiger partial charge in [-0.1, -0.05) is 30.3 Å². The Hall–Kier alpha value is -2.43. The molecule has 0 spiro atoms. The molecule has 0 bridgehead atoms. The van der Waals surface area contributed by atoms with Crippen LogP contribution < -0.4 is 14.8 Å². The number of hydrogen-bond acceptors (Lipinski definition) is 4. The van der Waals surface area contributed by atoms with Crippen molar-refractivity contribution >= 4 is 44.2 Å². The first-order valence-electron chi connectivity index (χ1n) is 8.67. The fourth-order valence-electron chi connectivity index (χ4n) is 2.62. The molecule has 6 nitrogen and oxygen atoms in total. The average Bonchev–Trinajstić information content (AvgIpc) is 2.74. The highest BCUT2D eigenvalue weighted by Crippen LogP contribution is 2.25. The minimum absolute atomic E-state index is 0.0915. The van der Waals surface area contributed by atoms with E-state index in [9.17, 15) is 13.2 Å². The highest BCUT2D eigenvalue weighted by atomic mass is 127. The van der Waals surface area contributed by atoms with Crippen molar-refractivity contribution in [1.82, 2.24) is 4.72 Å². The van der Waals surface area contributed by atoms with E-state index in [4.69, 9.17) is 4.74 Å². The van der Waals surface area contributed by atoms with E-state index >= 15 is 0 Å². The van der Waals surface area contributed by atoms with Crippen LogP contribution >= 0.6 is 22.6 Å². The molecule has 3 aromatic carbocycles. The Kier molecular flexibility index (Phi) is 6.88. The molecule has 0 aromatic heterocycles. The SMILES string of the molecule is COc1ccc(C(=O)Nc2ccc(I)cc2)cc1S(=O)(=O)NCc1ccccc1. The predicted molar refractivity (Wildman–Crippen MR) is 121 cm³/mol. The first-order valence-corrected chi connectivity index (χ1v) is 11.2. The molecule has 3 aromatic rings. The molecule has 2 N–H and O–H groups in total. The third-order valence-electron chi connectivity index (χ3n) is 4.13. The molecule has 0 saturated carbocycles. The van der Waals surface area contributed by atoms with Gasteiger partial charge in [-0.25, -0.2) is 13.1 Å². The fourth-order valence-corrected chi connectivity index (χ4v) is 4.19. The van der Waals surface area contributed by atoms with E-state index in [1.807, 2.05) is 42.5 Å². The second-order valence-electron chi connectivity index (χ2n) is 6.14. The second kappa shape index (κ2) is 9.38. The summed E-state index contributed by atoms with van der Waals surface area (Å²) in [6.45, 7) is 0.130. The van der Waals surface area contributed by atoms with E-state index in [0.717, 1.165) is 9.13 Å². The normalized spacial score (nSPS) is 11.1. The van der Waals surface area contributed by atoms with Crippen LogP contribution in [-0.4, -0.2) is 21.4 Å². The molecule has 1 amide bonds. The van der Waals surface area contributed by atoms with Crippen molar-refractivity contribution in [3.63, 3.8) is 0 Å². The number of carbonyl (C=O) groups is 1. The molecule has 0 saturated heterocycles. The maximum Gasteiger partial charge on any atom is 0.255 e. The van der Waals surface area contributed by atoms with E-state index < -0.39 is 15.9 Å². The minimum atomic E-state index is -3.89. The molecule has 29 heavy (non-hydrogen) atoms. The van der Waals surface area contributed by atoms with Crippen LogP contribution in [0.3, 0.4) is 0 Å². The number of rotatable bonds is 7. The van der Waals surface area contributed by atoms with Crippen LogP contribution in [0.1, 0.15) is 15.9 Å². The van der Waals surface area contributed by atoms with Crippen molar-refractivity contribution in [1.29, 1.82) is 0 Å². The van der Waals surface area contributed by atoms with Crippen LogP contribution in [0.5, 0.6) is 5.75 Å². The molecule has 0 unspecified atom stereocenters. The topological polar surface area (TPSA) is 84.5 Å². The summed E-state index contributed by atoms with van der Waals surface area (Å²) in [6.07, 6.45) is 0. The lowest BCUT2D eigenvalue weighted by Gasteiger charge is -2.13. The Morgan fingerprint density at radius 2 is 1.69 bits per heavy atom. The Labute approximate surface area is 183 Å². The van der Waals surface area contributed by atoms with Gasteiger partial charge >= 0.3 is 0 Å². The van der Waals surface area contributed by atoms with Gasteiger partial charge < -0.3 is 10.1 Å². The highest BCUT2D eigenvalue weighted by Gasteiger charge is 2.21. The monoisotopic (exact) mass is 522 g/mol. The lowest BCUT2D eigenvalue weighted by molar-refractivity contribution is 0.102. The Balaban J connectivity index is 1.83. The third-order valence-corrected chi connectivity index (χ3v) is 6.27. The van der Waals surface area contributed by atoms with E-state index in [2.05, 4.69) is 32.6 Å². The standard InChI is InChI=1S/C21H19IN2O4S/c1-28-19-12-7-16(21(25)24-18-10-8-17(22)9-11-18)13-20(19)29(26,27)23-14-15-5-3-2-4-6-15/h2-13,23H,14H2,1H3,(H,24,25). The number of anilines is 1. The molecule has 0 aliphatic heterocycles. The van der Waals surface area contributed by atoms with Crippen molar-refractivity contribution in [3.8, 4) is 5.75 Å². The predicted octanol–water partition coefficient (Wildman–Crippen LogP) is 4.03. The Morgan fingerprint density at radius 3 is 2.34 bits per heavy atom. The van der Waals surface area contributed by atoms with Crippen molar-refractivity contribution in [2.24, 2.45) is 0 Å². The van der Waals surface area contributed by atoms with E-state index in [-0.39, 0.29) is 22.8 Å². The van der Waals surface area contributed by atoms with E-state index in [1.165, 1.54) is 25.3 Å². The molecule has 150 valence electrons. The number of benzene rings is 3. The molecule has 0 heterocycles. The summed E-state index contributed by atoms with van der Waals surface area (Å²) in [5, 5.41) is 2.76. The lowest BCUT2D eigenvalue weighted by atomic mass is 10.2. The quantitative estimate of drug-likeness (QED) is 0.459. The molecule has 0 radical (unpaired) electrons. The summed E-state index contributed by atoms with van der Waals surface area (Å²) in [4.78, 5) is 12.5. The van der Waals surface area contributed by atoms with E-state index in [1.54, 1.807) is 12.1 Å². The number of ether oxygens (including phenoxy) is 1. The molecule has 0 atom stereocenters. The van der Waals surface area contributed by atoms with Gasteiger partial charge in [0.15, 0.2) is 0 Å². The summed E-state index contributed by atoms with van der Waals surface area (Å²) in [7, 11) is -2.51. The highest BCUT2D eigenvalue weighted by molar-refractivity contribution is 14.1. The number of hydrogen-bond donors (Lipinski definition) is 2. The number of carbonyl (C=O) groups excluding carboxylic acids is 1. The summed E-state index contributed by atoms with van der Waals surface area (Å²) in [5.74, 6) is -0.246. The molecule has 3 rings (SSSR count). The molecule has 0 aliphatic carbocycles. The van der Waals surface area contributed by atoms with Gasteiger partial charge in [-0.2, -0.15) is 0 Å². The molecule has 8 heteroatoms. The average molecular weight is 522 g/mol. The number of nitrogens with one attached hydrogen (secondary N) is 2. The zero-order chi connectivity index (χ0) is 20.9. The molecular weight excluding hydrogens is 503 g/mol. The van der Waals surface area contributed by atoms with Crippen LogP contribution in [0, 0.1) is 3.57 Å². The molecule has 0 fully saturated rings. The number of amides is 1. The smallest absolute Gasteiger partial charge is 0.255 e. The first kappa shape index (κ1) is 21.3. The zero-order valence-corrected chi connectivity index (χ0v) is 18.5. The van der Waals surface area contributed by atoms with Gasteiger partial charge in [0, 0.05) is 21.4 Å². The maximum atomic E-state index is 12.8. The lowest BCUT2D eigenvalue weighted by Crippen LogP contribution is -2.24. The van der Waals surface area contributed by atoms with Crippen LogP contribution in [-0.2, 0) is 16.6 Å². The maximum absolute atomic E-state index is 12.8. The number of methoxy groups -OCH3 is 1. The Bertz CT molecular complexity index is 1100. The van der Waals surface area contributed by atoms with Crippen molar-refractivity contribution in [2.75, 3.05) is 12.4 Å².